The number of para-hydroxylation sites is 2. The lowest BCUT2D eigenvalue weighted by molar-refractivity contribution is -0.139. The minimum Gasteiger partial charge on any atom is -0.493 e. The summed E-state index contributed by atoms with van der Waals surface area (Å²) < 4.78 is 10.6. The summed E-state index contributed by atoms with van der Waals surface area (Å²) in [5.41, 5.74) is 2.03. The highest BCUT2D eigenvalue weighted by Crippen LogP contribution is 2.30. The van der Waals surface area contributed by atoms with E-state index in [9.17, 15) is 9.59 Å². The van der Waals surface area contributed by atoms with Crippen molar-refractivity contribution in [2.24, 2.45) is 5.92 Å². The van der Waals surface area contributed by atoms with Crippen molar-refractivity contribution in [2.45, 2.75) is 19.8 Å². The van der Waals surface area contributed by atoms with Crippen molar-refractivity contribution in [3.63, 3.8) is 0 Å². The number of methoxy groups -OCH3 is 1. The summed E-state index contributed by atoms with van der Waals surface area (Å²) in [5.74, 6) is -0.0969. The van der Waals surface area contributed by atoms with Crippen LogP contribution in [0.5, 0.6) is 11.5 Å². The zero-order chi connectivity index (χ0) is 17.8. The molecule has 0 aliphatic carbocycles. The first-order valence-corrected chi connectivity index (χ1v) is 8.36. The standard InChI is InChI=1S/C20H21NO4/c1-3-14-8-10-16(11-9-14)21-13-15(12-19(21)22)20(23)25-18-7-5-4-6-17(18)24-2/h4-11,15H,3,12-13H2,1-2H3/t15-/m1/s1. The summed E-state index contributed by atoms with van der Waals surface area (Å²) in [6.07, 6.45) is 1.10. The number of ether oxygens (including phenoxy) is 2. The Bertz CT molecular complexity index is 770. The van der Waals surface area contributed by atoms with Gasteiger partial charge in [-0.05, 0) is 36.2 Å². The van der Waals surface area contributed by atoms with Crippen LogP contribution in [0, 0.1) is 5.92 Å². The van der Waals surface area contributed by atoms with Crippen LogP contribution < -0.4 is 14.4 Å². The van der Waals surface area contributed by atoms with Gasteiger partial charge in [0, 0.05) is 18.7 Å². The molecule has 0 unspecified atom stereocenters. The molecule has 0 N–H and O–H groups in total. The highest BCUT2D eigenvalue weighted by atomic mass is 16.6. The molecule has 1 atom stereocenters. The Labute approximate surface area is 147 Å². The van der Waals surface area contributed by atoms with Gasteiger partial charge < -0.3 is 14.4 Å². The molecule has 2 aromatic carbocycles. The molecule has 0 radical (unpaired) electrons. The Morgan fingerprint density at radius 2 is 1.80 bits per heavy atom. The van der Waals surface area contributed by atoms with Crippen LogP contribution in [0.25, 0.3) is 0 Å². The third kappa shape index (κ3) is 3.65. The molecule has 5 heteroatoms. The van der Waals surface area contributed by atoms with Gasteiger partial charge in [-0.15, -0.1) is 0 Å². The van der Waals surface area contributed by atoms with E-state index in [0.717, 1.165) is 12.1 Å². The second-order valence-electron chi connectivity index (χ2n) is 6.00. The Balaban J connectivity index is 1.70. The van der Waals surface area contributed by atoms with Gasteiger partial charge in [-0.2, -0.15) is 0 Å². The predicted molar refractivity (Wildman–Crippen MR) is 94.9 cm³/mol. The average Bonchev–Trinajstić information content (AvgIpc) is 3.04. The van der Waals surface area contributed by atoms with E-state index in [1.807, 2.05) is 24.3 Å². The number of carbonyl (C=O) groups is 2. The number of carbonyl (C=O) groups excluding carboxylic acids is 2. The molecule has 130 valence electrons. The van der Waals surface area contributed by atoms with E-state index in [4.69, 9.17) is 9.47 Å². The quantitative estimate of drug-likeness (QED) is 0.620. The lowest BCUT2D eigenvalue weighted by Crippen LogP contribution is -2.27. The topological polar surface area (TPSA) is 55.8 Å². The Kier molecular flexibility index (Phi) is 5.03. The maximum Gasteiger partial charge on any atom is 0.316 e. The molecule has 1 fully saturated rings. The van der Waals surface area contributed by atoms with Crippen molar-refractivity contribution >= 4 is 17.6 Å². The summed E-state index contributed by atoms with van der Waals surface area (Å²) in [6.45, 7) is 2.41. The van der Waals surface area contributed by atoms with Gasteiger partial charge in [0.15, 0.2) is 11.5 Å². The molecule has 0 spiro atoms. The molecule has 3 rings (SSSR count). The number of esters is 1. The van der Waals surface area contributed by atoms with Gasteiger partial charge in [0.25, 0.3) is 0 Å². The molecular weight excluding hydrogens is 318 g/mol. The minimum atomic E-state index is -0.483. The molecule has 5 nitrogen and oxygen atoms in total. The van der Waals surface area contributed by atoms with Crippen LogP contribution >= 0.6 is 0 Å². The highest BCUT2D eigenvalue weighted by molar-refractivity contribution is 5.99. The number of hydrogen-bond donors (Lipinski definition) is 0. The predicted octanol–water partition coefficient (Wildman–Crippen LogP) is 3.22. The van der Waals surface area contributed by atoms with E-state index >= 15 is 0 Å². The van der Waals surface area contributed by atoms with Gasteiger partial charge in [-0.25, -0.2) is 0 Å². The number of anilines is 1. The van der Waals surface area contributed by atoms with E-state index in [0.29, 0.717) is 18.0 Å². The lowest BCUT2D eigenvalue weighted by atomic mass is 10.1. The molecule has 0 bridgehead atoms. The molecule has 1 aliphatic heterocycles. The molecular formula is C20H21NO4. The molecule has 0 aromatic heterocycles. The highest BCUT2D eigenvalue weighted by Gasteiger charge is 2.36. The van der Waals surface area contributed by atoms with Crippen molar-refractivity contribution < 1.29 is 19.1 Å². The average molecular weight is 339 g/mol. The number of amides is 1. The zero-order valence-corrected chi connectivity index (χ0v) is 14.4. The maximum absolute atomic E-state index is 12.4. The first-order chi connectivity index (χ1) is 12.1. The fourth-order valence-corrected chi connectivity index (χ4v) is 2.92. The minimum absolute atomic E-state index is 0.0637. The molecule has 1 heterocycles. The lowest BCUT2D eigenvalue weighted by Gasteiger charge is -2.17. The SMILES string of the molecule is CCc1ccc(N2C[C@H](C(=O)Oc3ccccc3OC)CC2=O)cc1. The van der Waals surface area contributed by atoms with Crippen molar-refractivity contribution in [1.82, 2.24) is 0 Å². The van der Waals surface area contributed by atoms with E-state index in [-0.39, 0.29) is 12.3 Å². The largest absolute Gasteiger partial charge is 0.493 e. The van der Waals surface area contributed by atoms with E-state index in [2.05, 4.69) is 6.92 Å². The fourth-order valence-electron chi connectivity index (χ4n) is 2.92. The summed E-state index contributed by atoms with van der Waals surface area (Å²) in [5, 5.41) is 0. The van der Waals surface area contributed by atoms with Gasteiger partial charge >= 0.3 is 5.97 Å². The van der Waals surface area contributed by atoms with Gasteiger partial charge in [-0.3, -0.25) is 9.59 Å². The van der Waals surface area contributed by atoms with Gasteiger partial charge in [0.05, 0.1) is 13.0 Å². The number of nitrogens with zero attached hydrogens (tertiary/aromatic N) is 1. The molecule has 1 aliphatic rings. The molecule has 2 aromatic rings. The molecule has 1 amide bonds. The van der Waals surface area contributed by atoms with E-state index < -0.39 is 11.9 Å². The Hall–Kier alpha value is -2.82. The summed E-state index contributed by atoms with van der Waals surface area (Å²) in [4.78, 5) is 26.4. The number of rotatable bonds is 5. The van der Waals surface area contributed by atoms with Crippen LogP contribution in [0.2, 0.25) is 0 Å². The van der Waals surface area contributed by atoms with Crippen LogP contribution in [0.4, 0.5) is 5.69 Å². The van der Waals surface area contributed by atoms with Crippen LogP contribution in [-0.2, 0) is 16.0 Å². The maximum atomic E-state index is 12.4. The van der Waals surface area contributed by atoms with Crippen LogP contribution in [0.15, 0.2) is 48.5 Å². The zero-order valence-electron chi connectivity index (χ0n) is 14.4. The van der Waals surface area contributed by atoms with Gasteiger partial charge in [0.1, 0.15) is 0 Å². The number of benzene rings is 2. The molecule has 1 saturated heterocycles. The van der Waals surface area contributed by atoms with Crippen LogP contribution in [-0.4, -0.2) is 25.5 Å². The summed E-state index contributed by atoms with van der Waals surface area (Å²) in [6, 6.07) is 14.8. The van der Waals surface area contributed by atoms with Gasteiger partial charge in [0.2, 0.25) is 5.91 Å². The van der Waals surface area contributed by atoms with E-state index in [1.165, 1.54) is 12.7 Å². The van der Waals surface area contributed by atoms with Crippen molar-refractivity contribution in [1.29, 1.82) is 0 Å². The third-order valence-corrected chi connectivity index (χ3v) is 4.39. The molecule has 25 heavy (non-hydrogen) atoms. The van der Waals surface area contributed by atoms with E-state index in [1.54, 1.807) is 29.2 Å². The fraction of sp³-hybridized carbons (Fsp3) is 0.300. The summed E-state index contributed by atoms with van der Waals surface area (Å²) in [7, 11) is 1.52. The van der Waals surface area contributed by atoms with Gasteiger partial charge in [-0.1, -0.05) is 31.2 Å². The van der Waals surface area contributed by atoms with Crippen molar-refractivity contribution in [3.8, 4) is 11.5 Å². The molecule has 0 saturated carbocycles. The van der Waals surface area contributed by atoms with Crippen LogP contribution in [0.1, 0.15) is 18.9 Å². The second-order valence-corrected chi connectivity index (χ2v) is 6.00. The first-order valence-electron chi connectivity index (χ1n) is 8.36. The Morgan fingerprint density at radius 3 is 2.44 bits per heavy atom. The third-order valence-electron chi connectivity index (χ3n) is 4.39. The first kappa shape index (κ1) is 17.0. The second kappa shape index (κ2) is 7.38. The van der Waals surface area contributed by atoms with Crippen molar-refractivity contribution in [3.05, 3.63) is 54.1 Å². The summed E-state index contributed by atoms with van der Waals surface area (Å²) >= 11 is 0. The van der Waals surface area contributed by atoms with Crippen LogP contribution in [0.3, 0.4) is 0 Å². The monoisotopic (exact) mass is 339 g/mol. The number of aryl methyl sites for hydroxylation is 1. The normalized spacial score (nSPS) is 16.8. The smallest absolute Gasteiger partial charge is 0.316 e. The number of hydrogen-bond acceptors (Lipinski definition) is 4. The Morgan fingerprint density at radius 1 is 1.12 bits per heavy atom. The van der Waals surface area contributed by atoms with Crippen molar-refractivity contribution in [2.75, 3.05) is 18.6 Å².